The van der Waals surface area contributed by atoms with Crippen LogP contribution in [0.15, 0.2) is 12.1 Å². The SMILES string of the molecule is Cc1ccc(F)c(C(CCC(C)C)NN)c1F. The van der Waals surface area contributed by atoms with Crippen LogP contribution in [0.25, 0.3) is 0 Å². The Balaban J connectivity index is 2.98. The maximum Gasteiger partial charge on any atom is 0.133 e. The molecule has 1 atom stereocenters. The van der Waals surface area contributed by atoms with Crippen LogP contribution < -0.4 is 11.3 Å². The third-order valence-electron chi connectivity index (χ3n) is 2.90. The molecule has 0 bridgehead atoms. The molecule has 0 heterocycles. The van der Waals surface area contributed by atoms with Crippen molar-refractivity contribution in [3.63, 3.8) is 0 Å². The maximum atomic E-state index is 13.9. The quantitative estimate of drug-likeness (QED) is 0.614. The summed E-state index contributed by atoms with van der Waals surface area (Å²) in [5.41, 5.74) is 2.99. The molecule has 0 aromatic heterocycles. The van der Waals surface area contributed by atoms with Crippen LogP contribution in [0.2, 0.25) is 0 Å². The average molecular weight is 242 g/mol. The largest absolute Gasteiger partial charge is 0.271 e. The highest BCUT2D eigenvalue weighted by Crippen LogP contribution is 2.27. The molecular weight excluding hydrogens is 222 g/mol. The molecule has 0 fully saturated rings. The molecule has 1 unspecified atom stereocenters. The summed E-state index contributed by atoms with van der Waals surface area (Å²) in [6.07, 6.45) is 1.48. The van der Waals surface area contributed by atoms with E-state index in [2.05, 4.69) is 19.3 Å². The van der Waals surface area contributed by atoms with Crippen molar-refractivity contribution in [3.8, 4) is 0 Å². The molecule has 17 heavy (non-hydrogen) atoms. The molecule has 4 heteroatoms. The Morgan fingerprint density at radius 2 is 1.88 bits per heavy atom. The smallest absolute Gasteiger partial charge is 0.133 e. The lowest BCUT2D eigenvalue weighted by molar-refractivity contribution is 0.415. The molecule has 0 aliphatic heterocycles. The first-order chi connectivity index (χ1) is 7.97. The number of nitrogens with one attached hydrogen (secondary N) is 1. The summed E-state index contributed by atoms with van der Waals surface area (Å²) in [5, 5.41) is 0. The minimum atomic E-state index is -0.542. The molecule has 0 spiro atoms. The fraction of sp³-hybridized carbons (Fsp3) is 0.538. The van der Waals surface area contributed by atoms with E-state index in [1.54, 1.807) is 6.92 Å². The Morgan fingerprint density at radius 3 is 2.41 bits per heavy atom. The van der Waals surface area contributed by atoms with Gasteiger partial charge in [0.05, 0.1) is 6.04 Å². The first kappa shape index (κ1) is 14.1. The molecule has 0 aliphatic rings. The van der Waals surface area contributed by atoms with Crippen molar-refractivity contribution < 1.29 is 8.78 Å². The zero-order chi connectivity index (χ0) is 13.0. The van der Waals surface area contributed by atoms with E-state index in [0.717, 1.165) is 6.42 Å². The third kappa shape index (κ3) is 3.48. The molecule has 0 radical (unpaired) electrons. The van der Waals surface area contributed by atoms with Crippen molar-refractivity contribution in [1.29, 1.82) is 0 Å². The molecular formula is C13H20F2N2. The molecule has 0 amide bonds. The zero-order valence-electron chi connectivity index (χ0n) is 10.6. The molecule has 2 nitrogen and oxygen atoms in total. The van der Waals surface area contributed by atoms with Crippen LogP contribution >= 0.6 is 0 Å². The van der Waals surface area contributed by atoms with Crippen molar-refractivity contribution in [2.75, 3.05) is 0 Å². The number of benzene rings is 1. The Labute approximate surface area is 101 Å². The molecule has 0 aliphatic carbocycles. The third-order valence-corrected chi connectivity index (χ3v) is 2.90. The van der Waals surface area contributed by atoms with Crippen molar-refractivity contribution in [1.82, 2.24) is 5.43 Å². The van der Waals surface area contributed by atoms with Crippen molar-refractivity contribution >= 4 is 0 Å². The van der Waals surface area contributed by atoms with Gasteiger partial charge in [-0.15, -0.1) is 0 Å². The van der Waals surface area contributed by atoms with E-state index < -0.39 is 17.7 Å². The van der Waals surface area contributed by atoms with Gasteiger partial charge < -0.3 is 0 Å². The molecule has 1 aromatic carbocycles. The summed E-state index contributed by atoms with van der Waals surface area (Å²) in [5.74, 6) is 4.82. The first-order valence-corrected chi connectivity index (χ1v) is 5.88. The van der Waals surface area contributed by atoms with Crippen molar-refractivity contribution in [3.05, 3.63) is 34.9 Å². The number of hydrazine groups is 1. The van der Waals surface area contributed by atoms with Gasteiger partial charge in [-0.2, -0.15) is 0 Å². The Bertz CT molecular complexity index is 378. The lowest BCUT2D eigenvalue weighted by Crippen LogP contribution is -2.30. The second kappa shape index (κ2) is 6.07. The van der Waals surface area contributed by atoms with Gasteiger partial charge in [-0.1, -0.05) is 19.9 Å². The van der Waals surface area contributed by atoms with Crippen LogP contribution in [0.5, 0.6) is 0 Å². The predicted octanol–water partition coefficient (Wildman–Crippen LogP) is 3.21. The minimum Gasteiger partial charge on any atom is -0.271 e. The number of hydrogen-bond acceptors (Lipinski definition) is 2. The lowest BCUT2D eigenvalue weighted by atomic mass is 9.96. The lowest BCUT2D eigenvalue weighted by Gasteiger charge is -2.19. The Morgan fingerprint density at radius 1 is 1.24 bits per heavy atom. The van der Waals surface area contributed by atoms with Crippen LogP contribution in [0, 0.1) is 24.5 Å². The zero-order valence-corrected chi connectivity index (χ0v) is 10.6. The van der Waals surface area contributed by atoms with E-state index in [9.17, 15) is 8.78 Å². The van der Waals surface area contributed by atoms with Crippen molar-refractivity contribution in [2.45, 2.75) is 39.7 Å². The number of nitrogens with two attached hydrogens (primary N) is 1. The van der Waals surface area contributed by atoms with E-state index in [1.165, 1.54) is 12.1 Å². The monoisotopic (exact) mass is 242 g/mol. The number of rotatable bonds is 5. The van der Waals surface area contributed by atoms with E-state index in [0.29, 0.717) is 17.9 Å². The average Bonchev–Trinajstić information content (AvgIpc) is 2.28. The van der Waals surface area contributed by atoms with Gasteiger partial charge in [0.25, 0.3) is 0 Å². The van der Waals surface area contributed by atoms with Crippen molar-refractivity contribution in [2.24, 2.45) is 11.8 Å². The summed E-state index contributed by atoms with van der Waals surface area (Å²) >= 11 is 0. The van der Waals surface area contributed by atoms with Gasteiger partial charge in [0.1, 0.15) is 11.6 Å². The van der Waals surface area contributed by atoms with Crippen LogP contribution in [-0.4, -0.2) is 0 Å². The Kier molecular flexibility index (Phi) is 5.02. The normalized spacial score (nSPS) is 13.1. The van der Waals surface area contributed by atoms with Crippen LogP contribution in [-0.2, 0) is 0 Å². The minimum absolute atomic E-state index is 0.0492. The van der Waals surface area contributed by atoms with E-state index >= 15 is 0 Å². The fourth-order valence-corrected chi connectivity index (χ4v) is 1.81. The number of halogens is 2. The van der Waals surface area contributed by atoms with Gasteiger partial charge in [0.15, 0.2) is 0 Å². The predicted molar refractivity (Wildman–Crippen MR) is 65.2 cm³/mol. The number of hydrogen-bond donors (Lipinski definition) is 2. The number of aryl methyl sites for hydroxylation is 1. The van der Waals surface area contributed by atoms with Crippen LogP contribution in [0.3, 0.4) is 0 Å². The second-order valence-corrected chi connectivity index (χ2v) is 4.78. The summed E-state index contributed by atoms with van der Waals surface area (Å²) < 4.78 is 27.5. The van der Waals surface area contributed by atoms with E-state index in [-0.39, 0.29) is 5.56 Å². The summed E-state index contributed by atoms with van der Waals surface area (Å²) in [7, 11) is 0. The highest BCUT2D eigenvalue weighted by molar-refractivity contribution is 5.29. The second-order valence-electron chi connectivity index (χ2n) is 4.78. The first-order valence-electron chi connectivity index (χ1n) is 5.88. The van der Waals surface area contributed by atoms with Gasteiger partial charge in [-0.3, -0.25) is 11.3 Å². The standard InChI is InChI=1S/C13H20F2N2/c1-8(2)4-7-11(17-16)12-10(14)6-5-9(3)13(12)15/h5-6,8,11,17H,4,7,16H2,1-3H3. The molecule has 96 valence electrons. The van der Waals surface area contributed by atoms with Crippen LogP contribution in [0.1, 0.15) is 43.9 Å². The summed E-state index contributed by atoms with van der Waals surface area (Å²) in [4.78, 5) is 0. The van der Waals surface area contributed by atoms with Gasteiger partial charge in [-0.25, -0.2) is 8.78 Å². The topological polar surface area (TPSA) is 38.0 Å². The molecule has 1 aromatic rings. The van der Waals surface area contributed by atoms with Gasteiger partial charge in [-0.05, 0) is 37.3 Å². The summed E-state index contributed by atoms with van der Waals surface area (Å²) in [6.45, 7) is 5.75. The maximum absolute atomic E-state index is 13.9. The highest BCUT2D eigenvalue weighted by atomic mass is 19.1. The van der Waals surface area contributed by atoms with E-state index in [1.807, 2.05) is 0 Å². The molecule has 1 rings (SSSR count). The fourth-order valence-electron chi connectivity index (χ4n) is 1.81. The summed E-state index contributed by atoms with van der Waals surface area (Å²) in [6, 6.07) is 2.25. The van der Waals surface area contributed by atoms with Gasteiger partial charge in [0, 0.05) is 5.56 Å². The highest BCUT2D eigenvalue weighted by Gasteiger charge is 2.20. The van der Waals surface area contributed by atoms with Gasteiger partial charge >= 0.3 is 0 Å². The molecule has 0 saturated carbocycles. The van der Waals surface area contributed by atoms with E-state index in [4.69, 9.17) is 5.84 Å². The molecule has 0 saturated heterocycles. The van der Waals surface area contributed by atoms with Gasteiger partial charge in [0.2, 0.25) is 0 Å². The van der Waals surface area contributed by atoms with Crippen LogP contribution in [0.4, 0.5) is 8.78 Å². The molecule has 3 N–H and O–H groups in total. The Hall–Kier alpha value is -1.00.